The van der Waals surface area contributed by atoms with Crippen molar-refractivity contribution in [2.75, 3.05) is 0 Å². The van der Waals surface area contributed by atoms with E-state index in [-0.39, 0.29) is 0 Å². The fourth-order valence-corrected chi connectivity index (χ4v) is 8.89. The van der Waals surface area contributed by atoms with Crippen LogP contribution >= 0.6 is 0 Å². The maximum absolute atomic E-state index is 10.7. The van der Waals surface area contributed by atoms with Crippen molar-refractivity contribution in [2.24, 2.45) is 0 Å². The lowest BCUT2D eigenvalue weighted by Crippen LogP contribution is -2.04. The Morgan fingerprint density at radius 2 is 0.818 bits per heavy atom. The Kier molecular flexibility index (Phi) is 6.61. The van der Waals surface area contributed by atoms with Gasteiger partial charge in [0.15, 0.2) is 0 Å². The van der Waals surface area contributed by atoms with E-state index in [1.807, 2.05) is 36.4 Å². The lowest BCUT2D eigenvalue weighted by molar-refractivity contribution is 1.14. The van der Waals surface area contributed by atoms with Crippen LogP contribution in [-0.2, 0) is 0 Å². The molecule has 0 aliphatic heterocycles. The topological polar surface area (TPSA) is 62.4 Å². The third-order valence-electron chi connectivity index (χ3n) is 11.1. The van der Waals surface area contributed by atoms with Gasteiger partial charge >= 0.3 is 0 Å². The molecular formula is C50H29N5. The summed E-state index contributed by atoms with van der Waals surface area (Å²) >= 11 is 0. The van der Waals surface area contributed by atoms with Crippen LogP contribution in [0.5, 0.6) is 0 Å². The molecule has 8 aromatic carbocycles. The van der Waals surface area contributed by atoms with Crippen molar-refractivity contribution in [3.63, 3.8) is 0 Å². The molecule has 0 unspecified atom stereocenters. The minimum absolute atomic E-state index is 0.526. The summed E-state index contributed by atoms with van der Waals surface area (Å²) in [5.74, 6) is 0. The number of hydrogen-bond donors (Lipinski definition) is 0. The van der Waals surface area contributed by atoms with E-state index in [4.69, 9.17) is 0 Å². The van der Waals surface area contributed by atoms with Crippen LogP contribution in [0.25, 0.3) is 93.6 Å². The standard InChI is InChI=1S/C50H29N5/c51-30-32-13-11-20-41(49(32)55-47-26-10-5-19-39(47)42-21-12-14-33(31-52)50(42)55)38-18-4-9-25-46(38)54-45-24-8-3-17-37(45)40-28-27-34(29-48(40)54)53-43-22-6-1-15-35(43)36-16-2-7-23-44(36)53/h1-29H. The van der Waals surface area contributed by atoms with Gasteiger partial charge < -0.3 is 13.7 Å². The van der Waals surface area contributed by atoms with Crippen LogP contribution in [0.4, 0.5) is 0 Å². The molecule has 5 nitrogen and oxygen atoms in total. The lowest BCUT2D eigenvalue weighted by atomic mass is 9.97. The summed E-state index contributed by atoms with van der Waals surface area (Å²) in [6.45, 7) is 0. The predicted octanol–water partition coefficient (Wildman–Crippen LogP) is 12.4. The van der Waals surface area contributed by atoms with Crippen molar-refractivity contribution in [3.8, 4) is 40.3 Å². The lowest BCUT2D eigenvalue weighted by Gasteiger charge is -2.20. The number of nitrogens with zero attached hydrogens (tertiary/aromatic N) is 5. The monoisotopic (exact) mass is 699 g/mol. The smallest absolute Gasteiger partial charge is 0.101 e. The Bertz CT molecular complexity index is 3420. The van der Waals surface area contributed by atoms with Gasteiger partial charge in [-0.05, 0) is 54.6 Å². The number of aromatic nitrogens is 3. The zero-order valence-corrected chi connectivity index (χ0v) is 29.5. The van der Waals surface area contributed by atoms with E-state index in [2.05, 4.69) is 165 Å². The van der Waals surface area contributed by atoms with E-state index in [1.54, 1.807) is 0 Å². The van der Waals surface area contributed by atoms with E-state index in [0.717, 1.165) is 82.8 Å². The second-order valence-corrected chi connectivity index (χ2v) is 13.9. The normalized spacial score (nSPS) is 11.6. The van der Waals surface area contributed by atoms with Crippen LogP contribution in [0.2, 0.25) is 0 Å². The largest absolute Gasteiger partial charge is 0.309 e. The van der Waals surface area contributed by atoms with Gasteiger partial charge in [-0.2, -0.15) is 10.5 Å². The van der Waals surface area contributed by atoms with Gasteiger partial charge in [-0.25, -0.2) is 0 Å². The van der Waals surface area contributed by atoms with Crippen molar-refractivity contribution in [1.29, 1.82) is 10.5 Å². The predicted molar refractivity (Wildman–Crippen MR) is 224 cm³/mol. The van der Waals surface area contributed by atoms with Gasteiger partial charge in [0, 0.05) is 49.1 Å². The van der Waals surface area contributed by atoms with Crippen molar-refractivity contribution < 1.29 is 0 Å². The summed E-state index contributed by atoms with van der Waals surface area (Å²) in [7, 11) is 0. The first-order valence-electron chi connectivity index (χ1n) is 18.3. The van der Waals surface area contributed by atoms with Gasteiger partial charge in [-0.1, -0.05) is 121 Å². The molecule has 3 aromatic heterocycles. The molecule has 0 spiro atoms. The summed E-state index contributed by atoms with van der Waals surface area (Å²) in [4.78, 5) is 0. The zero-order chi connectivity index (χ0) is 36.6. The quantitative estimate of drug-likeness (QED) is 0.184. The van der Waals surface area contributed by atoms with Crippen LogP contribution < -0.4 is 0 Å². The van der Waals surface area contributed by atoms with E-state index in [9.17, 15) is 10.5 Å². The Hall–Kier alpha value is -7.86. The molecule has 55 heavy (non-hydrogen) atoms. The number of benzene rings is 8. The van der Waals surface area contributed by atoms with Gasteiger partial charge in [0.1, 0.15) is 12.1 Å². The van der Waals surface area contributed by atoms with E-state index in [0.29, 0.717) is 11.1 Å². The van der Waals surface area contributed by atoms with Crippen LogP contribution in [0.1, 0.15) is 11.1 Å². The second-order valence-electron chi connectivity index (χ2n) is 13.9. The molecule has 11 aromatic rings. The molecule has 3 heterocycles. The van der Waals surface area contributed by atoms with Crippen molar-refractivity contribution in [2.45, 2.75) is 0 Å². The maximum atomic E-state index is 10.7. The molecule has 0 aliphatic rings. The van der Waals surface area contributed by atoms with Crippen molar-refractivity contribution in [1.82, 2.24) is 13.7 Å². The van der Waals surface area contributed by atoms with Crippen LogP contribution in [-0.4, -0.2) is 13.7 Å². The van der Waals surface area contributed by atoms with Gasteiger partial charge in [0.25, 0.3) is 0 Å². The molecular weight excluding hydrogens is 671 g/mol. The van der Waals surface area contributed by atoms with E-state index < -0.39 is 0 Å². The SMILES string of the molecule is N#Cc1cccc(-c2ccccc2-n2c3ccccc3c3ccc(-n4c5ccccc5c5ccccc54)cc32)c1-n1c2ccccc2c2cccc(C#N)c21. The molecule has 0 saturated heterocycles. The second kappa shape index (κ2) is 11.8. The molecule has 0 radical (unpaired) electrons. The van der Waals surface area contributed by atoms with E-state index >= 15 is 0 Å². The number of para-hydroxylation sites is 7. The molecule has 0 amide bonds. The van der Waals surface area contributed by atoms with Gasteiger partial charge in [0.2, 0.25) is 0 Å². The fourth-order valence-electron chi connectivity index (χ4n) is 8.89. The van der Waals surface area contributed by atoms with E-state index in [1.165, 1.54) is 10.8 Å². The average molecular weight is 700 g/mol. The first-order valence-corrected chi connectivity index (χ1v) is 18.3. The van der Waals surface area contributed by atoms with Gasteiger partial charge in [0.05, 0.1) is 55.6 Å². The van der Waals surface area contributed by atoms with Crippen LogP contribution in [0.3, 0.4) is 0 Å². The molecule has 0 atom stereocenters. The highest BCUT2D eigenvalue weighted by atomic mass is 15.0. The Labute approximate surface area is 316 Å². The first kappa shape index (κ1) is 30.7. The third kappa shape index (κ3) is 4.33. The van der Waals surface area contributed by atoms with Crippen molar-refractivity contribution in [3.05, 3.63) is 187 Å². The van der Waals surface area contributed by atoms with Crippen LogP contribution in [0.15, 0.2) is 176 Å². The Morgan fingerprint density at radius 3 is 1.47 bits per heavy atom. The molecule has 5 heteroatoms. The van der Waals surface area contributed by atoms with Crippen molar-refractivity contribution >= 4 is 65.4 Å². The minimum atomic E-state index is 0.526. The molecule has 0 fully saturated rings. The Balaban J connectivity index is 1.23. The first-order chi connectivity index (χ1) is 27.2. The zero-order valence-electron chi connectivity index (χ0n) is 29.5. The molecule has 0 saturated carbocycles. The highest BCUT2D eigenvalue weighted by molar-refractivity contribution is 6.14. The summed E-state index contributed by atoms with van der Waals surface area (Å²) in [5.41, 5.74) is 12.0. The molecule has 0 bridgehead atoms. The summed E-state index contributed by atoms with van der Waals surface area (Å²) in [6, 6.07) is 65.9. The molecule has 254 valence electrons. The third-order valence-corrected chi connectivity index (χ3v) is 11.1. The summed E-state index contributed by atoms with van der Waals surface area (Å²) in [5, 5.41) is 27.9. The summed E-state index contributed by atoms with van der Waals surface area (Å²) < 4.78 is 6.86. The average Bonchev–Trinajstić information content (AvgIpc) is 3.89. The van der Waals surface area contributed by atoms with Crippen LogP contribution in [0, 0.1) is 22.7 Å². The summed E-state index contributed by atoms with van der Waals surface area (Å²) in [6.07, 6.45) is 0. The fraction of sp³-hybridized carbons (Fsp3) is 0. The number of rotatable bonds is 4. The van der Waals surface area contributed by atoms with Gasteiger partial charge in [-0.15, -0.1) is 0 Å². The minimum Gasteiger partial charge on any atom is -0.309 e. The maximum Gasteiger partial charge on any atom is 0.101 e. The molecule has 11 rings (SSSR count). The number of hydrogen-bond acceptors (Lipinski definition) is 2. The Morgan fingerprint density at radius 1 is 0.345 bits per heavy atom. The number of fused-ring (bicyclic) bond motifs is 9. The highest BCUT2D eigenvalue weighted by Gasteiger charge is 2.24. The number of nitriles is 2. The van der Waals surface area contributed by atoms with Gasteiger partial charge in [-0.3, -0.25) is 0 Å². The molecule has 0 N–H and O–H groups in total. The molecule has 0 aliphatic carbocycles. The highest BCUT2D eigenvalue weighted by Crippen LogP contribution is 2.43.